The van der Waals surface area contributed by atoms with Gasteiger partial charge in [-0.2, -0.15) is 0 Å². The number of carbonyl (C=O) groups is 1. The van der Waals surface area contributed by atoms with Crippen molar-refractivity contribution in [2.45, 2.75) is 31.8 Å². The number of amides is 1. The van der Waals surface area contributed by atoms with E-state index >= 15 is 0 Å². The molecule has 2 aromatic carbocycles. The zero-order valence-electron chi connectivity index (χ0n) is 14.7. The van der Waals surface area contributed by atoms with Gasteiger partial charge in [-0.25, -0.2) is 0 Å². The molecular weight excluding hydrogens is 357 g/mol. The fourth-order valence-electron chi connectivity index (χ4n) is 3.38. The zero-order valence-corrected chi connectivity index (χ0v) is 14.7. The normalized spacial score (nSPS) is 17.7. The van der Waals surface area contributed by atoms with Crippen LogP contribution in [0.15, 0.2) is 54.6 Å². The first kappa shape index (κ1) is 19.2. The monoisotopic (exact) mass is 378 g/mol. The molecule has 1 heterocycles. The third kappa shape index (κ3) is 5.47. The molecule has 7 heteroatoms. The molecule has 1 aliphatic rings. The van der Waals surface area contributed by atoms with Crippen LogP contribution in [0.5, 0.6) is 5.75 Å². The molecule has 0 bridgehead atoms. The van der Waals surface area contributed by atoms with Gasteiger partial charge in [0.05, 0.1) is 6.54 Å². The molecule has 1 saturated heterocycles. The third-order valence-corrected chi connectivity index (χ3v) is 4.57. The minimum Gasteiger partial charge on any atom is -0.405 e. The number of benzene rings is 2. The average molecular weight is 378 g/mol. The van der Waals surface area contributed by atoms with Gasteiger partial charge in [-0.1, -0.05) is 48.5 Å². The molecule has 3 rings (SSSR count). The molecule has 0 aliphatic carbocycles. The number of ether oxygens (including phenoxy) is 1. The van der Waals surface area contributed by atoms with Gasteiger partial charge < -0.3 is 10.1 Å². The van der Waals surface area contributed by atoms with E-state index in [1.54, 1.807) is 6.07 Å². The van der Waals surface area contributed by atoms with Crippen LogP contribution in [0.2, 0.25) is 0 Å². The molecule has 1 aliphatic heterocycles. The van der Waals surface area contributed by atoms with Crippen molar-refractivity contribution >= 4 is 5.91 Å². The van der Waals surface area contributed by atoms with Crippen LogP contribution in [0.4, 0.5) is 13.2 Å². The molecule has 1 amide bonds. The smallest absolute Gasteiger partial charge is 0.405 e. The van der Waals surface area contributed by atoms with Crippen molar-refractivity contribution in [1.82, 2.24) is 10.2 Å². The van der Waals surface area contributed by atoms with Gasteiger partial charge in [-0.05, 0) is 31.0 Å². The summed E-state index contributed by atoms with van der Waals surface area (Å²) in [5, 5.41) is 2.70. The van der Waals surface area contributed by atoms with Crippen LogP contribution in [0.3, 0.4) is 0 Å². The Bertz CT molecular complexity index is 765. The quantitative estimate of drug-likeness (QED) is 0.825. The van der Waals surface area contributed by atoms with Gasteiger partial charge in [0.25, 0.3) is 0 Å². The van der Waals surface area contributed by atoms with Crippen LogP contribution in [-0.2, 0) is 11.3 Å². The Hall–Kier alpha value is -2.54. The molecule has 4 nitrogen and oxygen atoms in total. The van der Waals surface area contributed by atoms with Crippen molar-refractivity contribution in [2.24, 2.45) is 0 Å². The lowest BCUT2D eigenvalue weighted by Crippen LogP contribution is -2.36. The summed E-state index contributed by atoms with van der Waals surface area (Å²) in [5.41, 5.74) is 1.45. The molecule has 0 radical (unpaired) electrons. The number of likely N-dealkylation sites (tertiary alicyclic amines) is 1. The Balaban J connectivity index is 1.57. The predicted octanol–water partition coefficient (Wildman–Crippen LogP) is 4.04. The topological polar surface area (TPSA) is 41.6 Å². The van der Waals surface area contributed by atoms with E-state index in [4.69, 9.17) is 0 Å². The molecular formula is C20H21F3N2O2. The molecule has 27 heavy (non-hydrogen) atoms. The molecule has 144 valence electrons. The highest BCUT2D eigenvalue weighted by Gasteiger charge is 2.32. The van der Waals surface area contributed by atoms with E-state index in [2.05, 4.69) is 15.0 Å². The van der Waals surface area contributed by atoms with E-state index in [9.17, 15) is 18.0 Å². The summed E-state index contributed by atoms with van der Waals surface area (Å²) >= 11 is 0. The number of nitrogens with one attached hydrogen (secondary N) is 1. The van der Waals surface area contributed by atoms with Crippen molar-refractivity contribution < 1.29 is 22.7 Å². The number of rotatable bonds is 6. The van der Waals surface area contributed by atoms with Gasteiger partial charge in [-0.3, -0.25) is 9.69 Å². The standard InChI is InChI=1S/C20H21F3N2O2/c21-20(22,23)27-18-11-5-4-9-16(18)13-24-19(26)14-25-12-6-10-17(25)15-7-2-1-3-8-15/h1-5,7-9,11,17H,6,10,12-14H2,(H,24,26). The number of nitrogens with zero attached hydrogens (tertiary/aromatic N) is 1. The van der Waals surface area contributed by atoms with Crippen molar-refractivity contribution in [3.8, 4) is 5.75 Å². The lowest BCUT2D eigenvalue weighted by atomic mass is 10.0. The van der Waals surface area contributed by atoms with E-state index in [0.29, 0.717) is 0 Å². The maximum absolute atomic E-state index is 12.5. The van der Waals surface area contributed by atoms with Crippen molar-refractivity contribution in [3.05, 3.63) is 65.7 Å². The minimum atomic E-state index is -4.77. The number of hydrogen-bond acceptors (Lipinski definition) is 3. The van der Waals surface area contributed by atoms with Crippen LogP contribution in [0.25, 0.3) is 0 Å². The first-order chi connectivity index (χ1) is 12.9. The van der Waals surface area contributed by atoms with Crippen molar-refractivity contribution in [3.63, 3.8) is 0 Å². The zero-order chi connectivity index (χ0) is 19.3. The first-order valence-electron chi connectivity index (χ1n) is 8.82. The van der Waals surface area contributed by atoms with E-state index in [1.165, 1.54) is 23.8 Å². The summed E-state index contributed by atoms with van der Waals surface area (Å²) < 4.78 is 41.4. The van der Waals surface area contributed by atoms with Gasteiger partial charge in [0, 0.05) is 18.2 Å². The molecule has 0 saturated carbocycles. The second-order valence-corrected chi connectivity index (χ2v) is 6.47. The Morgan fingerprint density at radius 1 is 1.11 bits per heavy atom. The van der Waals surface area contributed by atoms with Crippen LogP contribution in [0, 0.1) is 0 Å². The summed E-state index contributed by atoms with van der Waals surface area (Å²) in [5.74, 6) is -0.520. The van der Waals surface area contributed by atoms with Crippen LogP contribution in [0.1, 0.15) is 30.0 Å². The molecule has 0 aromatic heterocycles. The number of alkyl halides is 3. The summed E-state index contributed by atoms with van der Waals surface area (Å²) in [6, 6.07) is 16.0. The largest absolute Gasteiger partial charge is 0.573 e. The average Bonchev–Trinajstić information content (AvgIpc) is 3.08. The predicted molar refractivity (Wildman–Crippen MR) is 95.0 cm³/mol. The number of carbonyl (C=O) groups excluding carboxylic acids is 1. The Morgan fingerprint density at radius 2 is 1.81 bits per heavy atom. The van der Waals surface area contributed by atoms with Crippen molar-refractivity contribution in [2.75, 3.05) is 13.1 Å². The number of halogens is 3. The minimum absolute atomic E-state index is 0.0189. The van der Waals surface area contributed by atoms with E-state index in [-0.39, 0.29) is 36.4 Å². The first-order valence-corrected chi connectivity index (χ1v) is 8.82. The highest BCUT2D eigenvalue weighted by molar-refractivity contribution is 5.78. The van der Waals surface area contributed by atoms with E-state index in [0.717, 1.165) is 19.4 Å². The van der Waals surface area contributed by atoms with Gasteiger partial charge in [-0.15, -0.1) is 13.2 Å². The third-order valence-electron chi connectivity index (χ3n) is 4.57. The highest BCUT2D eigenvalue weighted by Crippen LogP contribution is 2.31. The molecule has 0 spiro atoms. The lowest BCUT2D eigenvalue weighted by Gasteiger charge is -2.24. The number of hydrogen-bond donors (Lipinski definition) is 1. The highest BCUT2D eigenvalue weighted by atomic mass is 19.4. The summed E-state index contributed by atoms with van der Waals surface area (Å²) in [6.45, 7) is 1.01. The molecule has 2 aromatic rings. The summed E-state index contributed by atoms with van der Waals surface area (Å²) in [4.78, 5) is 14.4. The van der Waals surface area contributed by atoms with E-state index < -0.39 is 6.36 Å². The molecule has 1 unspecified atom stereocenters. The Morgan fingerprint density at radius 3 is 2.56 bits per heavy atom. The van der Waals surface area contributed by atoms with Gasteiger partial charge in [0.2, 0.25) is 5.91 Å². The lowest BCUT2D eigenvalue weighted by molar-refractivity contribution is -0.274. The number of para-hydroxylation sites is 1. The summed E-state index contributed by atoms with van der Waals surface area (Å²) in [6.07, 6.45) is -2.77. The van der Waals surface area contributed by atoms with Crippen LogP contribution < -0.4 is 10.1 Å². The second kappa shape index (κ2) is 8.43. The van der Waals surface area contributed by atoms with Crippen LogP contribution in [-0.4, -0.2) is 30.3 Å². The summed E-state index contributed by atoms with van der Waals surface area (Å²) in [7, 11) is 0. The molecule has 1 atom stereocenters. The fraction of sp³-hybridized carbons (Fsp3) is 0.350. The molecule has 1 fully saturated rings. The Kier molecular flexibility index (Phi) is 6.01. The second-order valence-electron chi connectivity index (χ2n) is 6.47. The SMILES string of the molecule is O=C(CN1CCCC1c1ccccc1)NCc1ccccc1OC(F)(F)F. The maximum Gasteiger partial charge on any atom is 0.573 e. The maximum atomic E-state index is 12.5. The molecule has 1 N–H and O–H groups in total. The van der Waals surface area contributed by atoms with Crippen LogP contribution >= 0.6 is 0 Å². The van der Waals surface area contributed by atoms with Gasteiger partial charge >= 0.3 is 6.36 Å². The van der Waals surface area contributed by atoms with Gasteiger partial charge in [0.1, 0.15) is 5.75 Å². The van der Waals surface area contributed by atoms with Gasteiger partial charge in [0.15, 0.2) is 0 Å². The Labute approximate surface area is 155 Å². The van der Waals surface area contributed by atoms with E-state index in [1.807, 2.05) is 30.3 Å². The fourth-order valence-corrected chi connectivity index (χ4v) is 3.38. The van der Waals surface area contributed by atoms with Crippen molar-refractivity contribution in [1.29, 1.82) is 0 Å².